The monoisotopic (exact) mass is 576 g/mol. The topological polar surface area (TPSA) is 134 Å². The number of nitrogens with one attached hydrogen (secondary N) is 1. The summed E-state index contributed by atoms with van der Waals surface area (Å²) in [5.41, 5.74) is 1.14. The first-order valence-corrected chi connectivity index (χ1v) is 13.6. The number of rotatable bonds is 10. The van der Waals surface area contributed by atoms with Crippen LogP contribution in [0.4, 0.5) is 4.39 Å². The van der Waals surface area contributed by atoms with Gasteiger partial charge in [0.25, 0.3) is 0 Å². The Morgan fingerprint density at radius 2 is 1.95 bits per heavy atom. The number of carbonyl (C=O) groups excluding carboxylic acids is 2. The molecular formula is C29H29FN6O6. The maximum Gasteiger partial charge on any atom is 0.247 e. The lowest BCUT2D eigenvalue weighted by molar-refractivity contribution is -0.142. The van der Waals surface area contributed by atoms with Crippen LogP contribution in [0.1, 0.15) is 35.8 Å². The Bertz CT molecular complexity index is 1560. The van der Waals surface area contributed by atoms with Crippen molar-refractivity contribution in [2.24, 2.45) is 0 Å². The highest BCUT2D eigenvalue weighted by molar-refractivity contribution is 5.88. The molecule has 42 heavy (non-hydrogen) atoms. The Kier molecular flexibility index (Phi) is 7.82. The Hall–Kier alpha value is -4.78. The molecule has 0 aliphatic carbocycles. The van der Waals surface area contributed by atoms with Gasteiger partial charge in [-0.05, 0) is 72.5 Å². The van der Waals surface area contributed by atoms with E-state index in [1.54, 1.807) is 37.3 Å². The molecule has 218 valence electrons. The lowest BCUT2D eigenvalue weighted by atomic mass is 10.0. The summed E-state index contributed by atoms with van der Waals surface area (Å²) in [7, 11) is 0. The largest absolute Gasteiger partial charge is 0.458 e. The van der Waals surface area contributed by atoms with Crippen molar-refractivity contribution in [1.29, 1.82) is 0 Å². The van der Waals surface area contributed by atoms with Gasteiger partial charge in [-0.15, -0.1) is 10.2 Å². The number of hydrogen-bond acceptors (Lipinski definition) is 9. The van der Waals surface area contributed by atoms with E-state index in [9.17, 15) is 14.0 Å². The van der Waals surface area contributed by atoms with Gasteiger partial charge in [0.15, 0.2) is 17.3 Å². The van der Waals surface area contributed by atoms with Gasteiger partial charge in [0.05, 0.1) is 6.10 Å². The van der Waals surface area contributed by atoms with Gasteiger partial charge in [-0.3, -0.25) is 9.59 Å². The van der Waals surface area contributed by atoms with Crippen molar-refractivity contribution < 1.29 is 32.6 Å². The van der Waals surface area contributed by atoms with Gasteiger partial charge in [0, 0.05) is 19.7 Å². The minimum Gasteiger partial charge on any atom is -0.458 e. The molecule has 0 spiro atoms. The van der Waals surface area contributed by atoms with Gasteiger partial charge in [-0.1, -0.05) is 18.2 Å². The molecule has 2 amide bonds. The van der Waals surface area contributed by atoms with Crippen LogP contribution in [0, 0.1) is 12.7 Å². The minimum absolute atomic E-state index is 0.0315. The lowest BCUT2D eigenvalue weighted by Gasteiger charge is -2.31. The molecular weight excluding hydrogens is 547 g/mol. The van der Waals surface area contributed by atoms with Crippen LogP contribution in [0.15, 0.2) is 59.0 Å². The Morgan fingerprint density at radius 3 is 2.71 bits per heavy atom. The summed E-state index contributed by atoms with van der Waals surface area (Å²) in [6.07, 6.45) is 1.64. The van der Waals surface area contributed by atoms with E-state index in [0.717, 1.165) is 17.6 Å². The number of hydrogen-bond donors (Lipinski definition) is 1. The van der Waals surface area contributed by atoms with E-state index in [2.05, 4.69) is 20.7 Å². The van der Waals surface area contributed by atoms with Crippen LogP contribution in [0.3, 0.4) is 0 Å². The maximum absolute atomic E-state index is 14.0. The van der Waals surface area contributed by atoms with Crippen LogP contribution < -0.4 is 14.8 Å². The van der Waals surface area contributed by atoms with Crippen LogP contribution in [0.5, 0.6) is 11.5 Å². The first kappa shape index (κ1) is 27.4. The molecule has 2 aliphatic rings. The fraction of sp³-hybridized carbons (Fsp3) is 0.345. The molecule has 6 rings (SSSR count). The smallest absolute Gasteiger partial charge is 0.247 e. The second kappa shape index (κ2) is 12.0. The van der Waals surface area contributed by atoms with Gasteiger partial charge in [-0.25, -0.2) is 4.39 Å². The highest BCUT2D eigenvalue weighted by atomic mass is 19.1. The van der Waals surface area contributed by atoms with Crippen molar-refractivity contribution >= 4 is 11.8 Å². The SMILES string of the molecule is Cc1ccc(-c2nnn(CC(=O)N(Cc3ccc4c(c3)OCO4)[C@@H](C(=O)NC[C@@H]3CCCO3)c3ccc(F)cc3)n2)o1. The number of furan rings is 1. The molecule has 4 heterocycles. The number of benzene rings is 2. The normalized spacial score (nSPS) is 16.4. The van der Waals surface area contributed by atoms with Crippen LogP contribution >= 0.6 is 0 Å². The van der Waals surface area contributed by atoms with Crippen molar-refractivity contribution in [3.63, 3.8) is 0 Å². The lowest BCUT2D eigenvalue weighted by Crippen LogP contribution is -2.46. The Balaban J connectivity index is 1.31. The molecule has 2 atom stereocenters. The standard InChI is InChI=1S/C29H29FN6O6/c1-18-4-10-24(42-18)28-32-34-36(33-28)16-26(37)35(15-19-5-11-23-25(13-19)41-17-40-23)27(20-6-8-21(30)9-7-20)29(38)31-14-22-3-2-12-39-22/h4-11,13,22,27H,2-3,12,14-17H2,1H3,(H,31,38)/t22-,27+/m0/s1. The van der Waals surface area contributed by atoms with Gasteiger partial charge in [0.2, 0.25) is 24.4 Å². The van der Waals surface area contributed by atoms with Gasteiger partial charge < -0.3 is 28.8 Å². The summed E-state index contributed by atoms with van der Waals surface area (Å²) < 4.78 is 36.1. The Labute approximate surface area is 240 Å². The van der Waals surface area contributed by atoms with E-state index in [1.165, 1.54) is 29.2 Å². The van der Waals surface area contributed by atoms with Gasteiger partial charge in [-0.2, -0.15) is 4.80 Å². The van der Waals surface area contributed by atoms with Crippen molar-refractivity contribution in [3.8, 4) is 23.1 Å². The number of fused-ring (bicyclic) bond motifs is 1. The summed E-state index contributed by atoms with van der Waals surface area (Å²) in [6, 6.07) is 13.2. The van der Waals surface area contributed by atoms with E-state index in [0.29, 0.717) is 47.3 Å². The molecule has 2 aliphatic heterocycles. The predicted octanol–water partition coefficient (Wildman–Crippen LogP) is 3.17. The molecule has 0 bridgehead atoms. The molecule has 2 aromatic heterocycles. The third kappa shape index (κ3) is 6.10. The van der Waals surface area contributed by atoms with Crippen LogP contribution in [0.2, 0.25) is 0 Å². The fourth-order valence-electron chi connectivity index (χ4n) is 4.97. The van der Waals surface area contributed by atoms with Gasteiger partial charge >= 0.3 is 0 Å². The zero-order valence-corrected chi connectivity index (χ0v) is 22.9. The number of tetrazole rings is 1. The average Bonchev–Trinajstić information content (AvgIpc) is 3.80. The van der Waals surface area contributed by atoms with E-state index in [-0.39, 0.29) is 31.8 Å². The molecule has 4 aromatic rings. The summed E-state index contributed by atoms with van der Waals surface area (Å²) in [5, 5.41) is 15.3. The van der Waals surface area contributed by atoms with Crippen LogP contribution in [-0.2, 0) is 27.4 Å². The third-order valence-electron chi connectivity index (χ3n) is 7.07. The number of carbonyl (C=O) groups is 2. The molecule has 0 unspecified atom stereocenters. The molecule has 12 nitrogen and oxygen atoms in total. The number of halogens is 1. The molecule has 1 fully saturated rings. The first-order valence-electron chi connectivity index (χ1n) is 13.6. The predicted molar refractivity (Wildman–Crippen MR) is 144 cm³/mol. The number of aromatic nitrogens is 4. The summed E-state index contributed by atoms with van der Waals surface area (Å²) in [4.78, 5) is 30.3. The Morgan fingerprint density at radius 1 is 1.12 bits per heavy atom. The third-order valence-corrected chi connectivity index (χ3v) is 7.07. The highest BCUT2D eigenvalue weighted by Crippen LogP contribution is 2.34. The zero-order valence-electron chi connectivity index (χ0n) is 22.9. The quantitative estimate of drug-likeness (QED) is 0.302. The number of amides is 2. The number of ether oxygens (including phenoxy) is 3. The van der Waals surface area contributed by atoms with Gasteiger partial charge in [0.1, 0.15) is 24.2 Å². The van der Waals surface area contributed by atoms with Crippen molar-refractivity contribution in [2.45, 2.75) is 45.0 Å². The van der Waals surface area contributed by atoms with E-state index >= 15 is 0 Å². The first-order chi connectivity index (χ1) is 20.4. The molecule has 1 N–H and O–H groups in total. The van der Waals surface area contributed by atoms with Crippen molar-refractivity contribution in [3.05, 3.63) is 77.3 Å². The second-order valence-electron chi connectivity index (χ2n) is 10.1. The van der Waals surface area contributed by atoms with E-state index < -0.39 is 23.7 Å². The van der Waals surface area contributed by atoms with E-state index in [4.69, 9.17) is 18.6 Å². The summed E-state index contributed by atoms with van der Waals surface area (Å²) >= 11 is 0. The van der Waals surface area contributed by atoms with E-state index in [1.807, 2.05) is 0 Å². The average molecular weight is 577 g/mol. The fourth-order valence-corrected chi connectivity index (χ4v) is 4.97. The second-order valence-corrected chi connectivity index (χ2v) is 10.1. The summed E-state index contributed by atoms with van der Waals surface area (Å²) in [5.74, 6) is 1.11. The zero-order chi connectivity index (χ0) is 29.1. The van der Waals surface area contributed by atoms with Crippen molar-refractivity contribution in [1.82, 2.24) is 30.4 Å². The number of nitrogens with zero attached hydrogens (tertiary/aromatic N) is 5. The highest BCUT2D eigenvalue weighted by Gasteiger charge is 2.33. The molecule has 1 saturated heterocycles. The molecule has 0 radical (unpaired) electrons. The van der Waals surface area contributed by atoms with Crippen LogP contribution in [-0.4, -0.2) is 63.0 Å². The molecule has 0 saturated carbocycles. The van der Waals surface area contributed by atoms with Crippen molar-refractivity contribution in [2.75, 3.05) is 19.9 Å². The van der Waals surface area contributed by atoms with Crippen LogP contribution in [0.25, 0.3) is 11.6 Å². The maximum atomic E-state index is 14.0. The number of aryl methyl sites for hydroxylation is 1. The molecule has 2 aromatic carbocycles. The molecule has 13 heteroatoms. The minimum atomic E-state index is -1.10. The summed E-state index contributed by atoms with van der Waals surface area (Å²) in [6.45, 7) is 2.55.